The quantitative estimate of drug-likeness (QED) is 0.618. The average molecular weight is 442 g/mol. The molecule has 0 saturated heterocycles. The van der Waals surface area contributed by atoms with Crippen molar-refractivity contribution in [1.82, 2.24) is 10.3 Å². The second-order valence-electron chi connectivity index (χ2n) is 7.39. The van der Waals surface area contributed by atoms with E-state index in [1.807, 2.05) is 52.4 Å². The number of carbonyl (C=O) groups excluding carboxylic acids is 2. The maximum absolute atomic E-state index is 12.9. The number of benzene rings is 1. The molecule has 3 heterocycles. The highest BCUT2D eigenvalue weighted by atomic mass is 32.1. The van der Waals surface area contributed by atoms with Crippen LogP contribution in [0, 0.1) is 0 Å². The second-order valence-corrected chi connectivity index (χ2v) is 8.31. The number of nitrogens with one attached hydrogen (secondary N) is 2. The van der Waals surface area contributed by atoms with E-state index in [4.69, 9.17) is 4.74 Å². The molecule has 1 aromatic heterocycles. The smallest absolute Gasteiger partial charge is 0.269 e. The van der Waals surface area contributed by atoms with E-state index >= 15 is 0 Å². The Labute approximate surface area is 185 Å². The number of unbranched alkanes of at least 4 members (excludes halogenated alkanes) is 1. The monoisotopic (exact) mass is 441 g/mol. The van der Waals surface area contributed by atoms with E-state index in [9.17, 15) is 9.59 Å². The van der Waals surface area contributed by atoms with Gasteiger partial charge in [0.05, 0.1) is 12.3 Å². The Balaban J connectivity index is 1.40. The summed E-state index contributed by atoms with van der Waals surface area (Å²) in [5.41, 5.74) is 4.69. The van der Waals surface area contributed by atoms with Crippen molar-refractivity contribution < 1.29 is 14.3 Å². The molecule has 0 bridgehead atoms. The molecule has 2 aliphatic rings. The van der Waals surface area contributed by atoms with Gasteiger partial charge in [-0.1, -0.05) is 13.3 Å². The van der Waals surface area contributed by atoms with Crippen LogP contribution in [0.1, 0.15) is 49.2 Å². The van der Waals surface area contributed by atoms with Gasteiger partial charge < -0.3 is 10.1 Å². The van der Waals surface area contributed by atoms with Crippen LogP contribution < -0.4 is 20.4 Å². The zero-order valence-electron chi connectivity index (χ0n) is 17.8. The van der Waals surface area contributed by atoms with Crippen molar-refractivity contribution in [3.8, 4) is 5.75 Å². The van der Waals surface area contributed by atoms with Crippen LogP contribution >= 0.6 is 11.3 Å². The van der Waals surface area contributed by atoms with Crippen LogP contribution in [0.4, 0.5) is 11.4 Å². The molecule has 2 amide bonds. The van der Waals surface area contributed by atoms with E-state index in [-0.39, 0.29) is 18.1 Å². The summed E-state index contributed by atoms with van der Waals surface area (Å²) < 4.78 is 5.43. The zero-order chi connectivity index (χ0) is 21.8. The van der Waals surface area contributed by atoms with Crippen molar-refractivity contribution in [3.63, 3.8) is 0 Å². The summed E-state index contributed by atoms with van der Waals surface area (Å²) >= 11 is 1.45. The Hall–Kier alpha value is -3.07. The first-order valence-electron chi connectivity index (χ1n) is 10.6. The van der Waals surface area contributed by atoms with E-state index < -0.39 is 0 Å². The number of hydrazone groups is 1. The number of hydrogen-bond donors (Lipinski definition) is 2. The van der Waals surface area contributed by atoms with Gasteiger partial charge in [0.2, 0.25) is 12.2 Å². The van der Waals surface area contributed by atoms with Crippen molar-refractivity contribution in [2.24, 2.45) is 5.10 Å². The lowest BCUT2D eigenvalue weighted by Gasteiger charge is -2.39. The first-order chi connectivity index (χ1) is 15.1. The zero-order valence-corrected chi connectivity index (χ0v) is 18.6. The van der Waals surface area contributed by atoms with E-state index in [0.29, 0.717) is 26.0 Å². The molecular formula is C22H27N5O3S. The number of rotatable bonds is 9. The maximum atomic E-state index is 12.9. The Morgan fingerprint density at radius 3 is 2.81 bits per heavy atom. The van der Waals surface area contributed by atoms with Gasteiger partial charge in [0.15, 0.2) is 0 Å². The van der Waals surface area contributed by atoms with E-state index in [1.54, 1.807) is 0 Å². The van der Waals surface area contributed by atoms with Gasteiger partial charge in [-0.2, -0.15) is 5.10 Å². The van der Waals surface area contributed by atoms with Gasteiger partial charge in [-0.25, -0.2) is 0 Å². The highest BCUT2D eigenvalue weighted by molar-refractivity contribution is 7.12. The van der Waals surface area contributed by atoms with Gasteiger partial charge >= 0.3 is 0 Å². The normalized spacial score (nSPS) is 17.0. The number of carbonyl (C=O) groups is 2. The lowest BCUT2D eigenvalue weighted by atomic mass is 10.2. The van der Waals surface area contributed by atoms with Gasteiger partial charge in [0.1, 0.15) is 16.5 Å². The summed E-state index contributed by atoms with van der Waals surface area (Å²) in [6, 6.07) is 9.27. The third-order valence-corrected chi connectivity index (χ3v) is 6.15. The second kappa shape index (κ2) is 9.38. The fraction of sp³-hybridized carbons (Fsp3) is 0.409. The van der Waals surface area contributed by atoms with Gasteiger partial charge in [-0.15, -0.1) is 11.3 Å². The number of nitrogens with zero attached hydrogens (tertiary/aromatic N) is 3. The third kappa shape index (κ3) is 4.36. The summed E-state index contributed by atoms with van der Waals surface area (Å²) in [6.45, 7) is 5.31. The maximum Gasteiger partial charge on any atom is 0.269 e. The van der Waals surface area contributed by atoms with E-state index in [0.717, 1.165) is 40.7 Å². The SMILES string of the molecule is CCCCN1C(=O)c2sccc2N2C(CCC(=O)Nc3ccc(OCC)cc3)=NNC12. The summed E-state index contributed by atoms with van der Waals surface area (Å²) in [4.78, 5) is 30.0. The van der Waals surface area contributed by atoms with Crippen LogP contribution in [0.25, 0.3) is 0 Å². The van der Waals surface area contributed by atoms with Crippen molar-refractivity contribution in [2.45, 2.75) is 45.8 Å². The lowest BCUT2D eigenvalue weighted by Crippen LogP contribution is -2.58. The summed E-state index contributed by atoms with van der Waals surface area (Å²) in [5, 5.41) is 9.31. The Bertz CT molecular complexity index is 972. The van der Waals surface area contributed by atoms with Crippen molar-refractivity contribution in [2.75, 3.05) is 23.4 Å². The molecule has 2 aromatic rings. The number of amides is 2. The van der Waals surface area contributed by atoms with Gasteiger partial charge in [-0.05, 0) is 49.1 Å². The minimum Gasteiger partial charge on any atom is -0.494 e. The Morgan fingerprint density at radius 2 is 2.06 bits per heavy atom. The lowest BCUT2D eigenvalue weighted by molar-refractivity contribution is -0.116. The number of hydrogen-bond acceptors (Lipinski definition) is 7. The van der Waals surface area contributed by atoms with Crippen molar-refractivity contribution >= 4 is 40.4 Å². The molecule has 1 aromatic carbocycles. The Morgan fingerprint density at radius 1 is 1.26 bits per heavy atom. The summed E-state index contributed by atoms with van der Waals surface area (Å²) in [6.07, 6.45) is 2.37. The van der Waals surface area contributed by atoms with Crippen LogP contribution in [-0.4, -0.2) is 42.0 Å². The molecule has 9 heteroatoms. The van der Waals surface area contributed by atoms with Crippen molar-refractivity contribution in [3.05, 3.63) is 40.6 Å². The number of anilines is 2. The molecule has 1 unspecified atom stereocenters. The molecule has 4 rings (SSSR count). The fourth-order valence-corrected chi connectivity index (χ4v) is 4.58. The molecule has 0 spiro atoms. The van der Waals surface area contributed by atoms with Crippen LogP contribution in [-0.2, 0) is 4.79 Å². The molecule has 2 N–H and O–H groups in total. The van der Waals surface area contributed by atoms with Crippen LogP contribution in [0.2, 0.25) is 0 Å². The van der Waals surface area contributed by atoms with Crippen LogP contribution in [0.15, 0.2) is 40.8 Å². The standard InChI is InChI=1S/C22H27N5O3S/c1-3-5-13-26-21(29)20-17(12-14-31-20)27-18(24-25-22(26)27)10-11-19(28)23-15-6-8-16(9-7-15)30-4-2/h6-9,12,14,22,25H,3-5,10-11,13H2,1-2H3,(H,23,28). The van der Waals surface area contributed by atoms with Crippen molar-refractivity contribution in [1.29, 1.82) is 0 Å². The van der Waals surface area contributed by atoms with Crippen LogP contribution in [0.3, 0.4) is 0 Å². The number of amidine groups is 1. The molecule has 0 fully saturated rings. The fourth-order valence-electron chi connectivity index (χ4n) is 3.74. The number of thiophene rings is 1. The van der Waals surface area contributed by atoms with E-state index in [1.165, 1.54) is 11.3 Å². The highest BCUT2D eigenvalue weighted by Crippen LogP contribution is 2.37. The molecule has 31 heavy (non-hydrogen) atoms. The van der Waals surface area contributed by atoms with Gasteiger partial charge in [0.25, 0.3) is 5.91 Å². The minimum atomic E-state index is -0.328. The average Bonchev–Trinajstić information content (AvgIpc) is 3.41. The van der Waals surface area contributed by atoms with Gasteiger partial charge in [-0.3, -0.25) is 24.8 Å². The predicted octanol–water partition coefficient (Wildman–Crippen LogP) is 3.83. The molecule has 0 aliphatic carbocycles. The first-order valence-corrected chi connectivity index (χ1v) is 11.5. The van der Waals surface area contributed by atoms with Gasteiger partial charge in [0, 0.05) is 25.1 Å². The topological polar surface area (TPSA) is 86.3 Å². The molecule has 164 valence electrons. The van der Waals surface area contributed by atoms with Crippen LogP contribution in [0.5, 0.6) is 5.75 Å². The third-order valence-electron chi connectivity index (χ3n) is 5.26. The summed E-state index contributed by atoms with van der Waals surface area (Å²) in [5.74, 6) is 1.49. The molecule has 0 radical (unpaired) electrons. The number of fused-ring (bicyclic) bond motifs is 3. The molecule has 1 atom stereocenters. The molecule has 8 nitrogen and oxygen atoms in total. The number of ether oxygens (including phenoxy) is 1. The summed E-state index contributed by atoms with van der Waals surface area (Å²) in [7, 11) is 0. The van der Waals surface area contributed by atoms with E-state index in [2.05, 4.69) is 22.8 Å². The molecular weight excluding hydrogens is 414 g/mol. The highest BCUT2D eigenvalue weighted by Gasteiger charge is 2.43. The molecule has 2 aliphatic heterocycles. The largest absolute Gasteiger partial charge is 0.494 e. The first kappa shape index (κ1) is 21.2. The molecule has 0 saturated carbocycles. The Kier molecular flexibility index (Phi) is 6.41. The predicted molar refractivity (Wildman–Crippen MR) is 123 cm³/mol. The minimum absolute atomic E-state index is 0.0388.